The number of hydrogen-bond donors (Lipinski definition) is 2. The number of nitrogens with zero attached hydrogens (tertiary/aromatic N) is 3. The molecule has 25 heavy (non-hydrogen) atoms. The maximum Gasteiger partial charge on any atom is 0.220 e. The first kappa shape index (κ1) is 17.4. The van der Waals surface area contributed by atoms with Gasteiger partial charge in [0, 0.05) is 38.2 Å². The molecule has 1 aliphatic rings. The molecule has 0 radical (unpaired) electrons. The molecule has 0 aliphatic carbocycles. The molecule has 6 heteroatoms. The molecule has 2 heterocycles. The molecule has 2 N–H and O–H groups in total. The number of aromatic nitrogens is 2. The van der Waals surface area contributed by atoms with E-state index in [0.717, 1.165) is 18.7 Å². The lowest BCUT2D eigenvalue weighted by Crippen LogP contribution is -2.41. The third-order valence-corrected chi connectivity index (χ3v) is 4.62. The highest BCUT2D eigenvalue weighted by atomic mass is 16.3. The predicted molar refractivity (Wildman–Crippen MR) is 96.1 cm³/mol. The third-order valence-electron chi connectivity index (χ3n) is 4.62. The minimum atomic E-state index is -0.0517. The molecule has 2 aromatic rings. The second kappa shape index (κ2) is 8.58. The Balaban J connectivity index is 1.48. The molecule has 6 nitrogen and oxygen atoms in total. The quantitative estimate of drug-likeness (QED) is 0.797. The van der Waals surface area contributed by atoms with Gasteiger partial charge in [-0.2, -0.15) is 0 Å². The van der Waals surface area contributed by atoms with Gasteiger partial charge in [-0.15, -0.1) is 0 Å². The monoisotopic (exact) mass is 340 g/mol. The number of amides is 1. The van der Waals surface area contributed by atoms with Gasteiger partial charge in [-0.1, -0.05) is 30.3 Å². The summed E-state index contributed by atoms with van der Waals surface area (Å²) in [7, 11) is 0. The Kier molecular flexibility index (Phi) is 5.95. The summed E-state index contributed by atoms with van der Waals surface area (Å²) in [6.45, 7) is 1.39. The summed E-state index contributed by atoms with van der Waals surface area (Å²) in [5.74, 6) is 0.895. The fourth-order valence-corrected chi connectivity index (χ4v) is 3.25. The lowest BCUT2D eigenvalue weighted by atomic mass is 10.0. The summed E-state index contributed by atoms with van der Waals surface area (Å²) in [6, 6.07) is 12.0. The van der Waals surface area contributed by atoms with Gasteiger partial charge >= 0.3 is 0 Å². The van der Waals surface area contributed by atoms with Crippen LogP contribution in [-0.4, -0.2) is 46.7 Å². The van der Waals surface area contributed by atoms with Crippen molar-refractivity contribution in [2.24, 2.45) is 5.92 Å². The molecule has 3 rings (SSSR count). The second-order valence-electron chi connectivity index (χ2n) is 6.43. The number of benzene rings is 1. The zero-order valence-corrected chi connectivity index (χ0v) is 14.2. The zero-order valence-electron chi connectivity index (χ0n) is 14.2. The zero-order chi connectivity index (χ0) is 17.5. The normalized spacial score (nSPS) is 19.8. The first-order valence-electron chi connectivity index (χ1n) is 8.71. The van der Waals surface area contributed by atoms with Crippen molar-refractivity contribution in [3.05, 3.63) is 54.5 Å². The number of hydrogen-bond acceptors (Lipinski definition) is 5. The largest absolute Gasteiger partial charge is 0.396 e. The average Bonchev–Trinajstić information content (AvgIpc) is 3.06. The molecule has 1 aromatic carbocycles. The Morgan fingerprint density at radius 1 is 1.24 bits per heavy atom. The number of aliphatic hydroxyl groups is 1. The molecule has 1 amide bonds. The highest BCUT2D eigenvalue weighted by Crippen LogP contribution is 2.22. The Hall–Kier alpha value is -2.47. The Labute approximate surface area is 147 Å². The molecule has 0 unspecified atom stereocenters. The van der Waals surface area contributed by atoms with Crippen LogP contribution in [0.5, 0.6) is 0 Å². The van der Waals surface area contributed by atoms with Crippen molar-refractivity contribution in [3.63, 3.8) is 0 Å². The van der Waals surface area contributed by atoms with Gasteiger partial charge in [0.05, 0.1) is 6.04 Å². The van der Waals surface area contributed by atoms with E-state index in [1.54, 1.807) is 6.20 Å². The number of aryl methyl sites for hydroxylation is 1. The van der Waals surface area contributed by atoms with E-state index in [2.05, 4.69) is 32.3 Å². The van der Waals surface area contributed by atoms with E-state index in [1.165, 1.54) is 11.9 Å². The number of aliphatic hydroxyl groups excluding tert-OH is 1. The summed E-state index contributed by atoms with van der Waals surface area (Å²) < 4.78 is 0. The molecule has 0 bridgehead atoms. The molecular formula is C19H24N4O2. The first-order chi connectivity index (χ1) is 12.3. The number of nitrogens with one attached hydrogen (secondary N) is 1. The molecule has 1 aliphatic heterocycles. The Bertz CT molecular complexity index is 666. The molecule has 1 aromatic heterocycles. The van der Waals surface area contributed by atoms with Crippen LogP contribution in [0, 0.1) is 5.92 Å². The standard InChI is InChI=1S/C19H24N4O2/c24-13-16-11-23(18-9-10-20-14-21-18)12-17(16)22-19(25)8-4-7-15-5-2-1-3-6-15/h1-3,5-6,9-10,14,16-17,24H,4,7-8,11-13H2,(H,22,25)/t16-,17+/m0/s1. The van der Waals surface area contributed by atoms with Gasteiger partial charge in [0.1, 0.15) is 12.1 Å². The molecular weight excluding hydrogens is 316 g/mol. The average molecular weight is 340 g/mol. The van der Waals surface area contributed by atoms with Crippen LogP contribution in [0.1, 0.15) is 18.4 Å². The molecule has 0 spiro atoms. The predicted octanol–water partition coefficient (Wildman–Crippen LogP) is 1.41. The van der Waals surface area contributed by atoms with Crippen LogP contribution in [0.15, 0.2) is 48.9 Å². The van der Waals surface area contributed by atoms with Crippen LogP contribution in [0.25, 0.3) is 0 Å². The van der Waals surface area contributed by atoms with Crippen molar-refractivity contribution in [1.82, 2.24) is 15.3 Å². The SMILES string of the molecule is O=C(CCCc1ccccc1)N[C@@H]1CN(c2ccncn2)C[C@H]1CO. The van der Waals surface area contributed by atoms with E-state index in [4.69, 9.17) is 0 Å². The number of anilines is 1. The van der Waals surface area contributed by atoms with Gasteiger partial charge in [0.25, 0.3) is 0 Å². The molecule has 132 valence electrons. The van der Waals surface area contributed by atoms with Crippen LogP contribution in [0.4, 0.5) is 5.82 Å². The Morgan fingerprint density at radius 2 is 2.08 bits per heavy atom. The maximum atomic E-state index is 12.3. The molecule has 2 atom stereocenters. The molecule has 1 saturated heterocycles. The summed E-state index contributed by atoms with van der Waals surface area (Å²) in [6.07, 6.45) is 5.43. The van der Waals surface area contributed by atoms with Crippen LogP contribution < -0.4 is 10.2 Å². The van der Waals surface area contributed by atoms with Gasteiger partial charge in [-0.3, -0.25) is 4.79 Å². The van der Waals surface area contributed by atoms with Crippen LogP contribution >= 0.6 is 0 Å². The number of carbonyl (C=O) groups excluding carboxylic acids is 1. The number of carbonyl (C=O) groups is 1. The van der Waals surface area contributed by atoms with Crippen molar-refractivity contribution in [3.8, 4) is 0 Å². The van der Waals surface area contributed by atoms with Crippen LogP contribution in [-0.2, 0) is 11.2 Å². The number of rotatable bonds is 7. The van der Waals surface area contributed by atoms with Crippen molar-refractivity contribution in [2.45, 2.75) is 25.3 Å². The maximum absolute atomic E-state index is 12.3. The van der Waals surface area contributed by atoms with Crippen molar-refractivity contribution >= 4 is 11.7 Å². The lowest BCUT2D eigenvalue weighted by Gasteiger charge is -2.18. The molecule has 1 fully saturated rings. The van der Waals surface area contributed by atoms with Gasteiger partial charge in [-0.05, 0) is 24.5 Å². The van der Waals surface area contributed by atoms with Crippen LogP contribution in [0.2, 0.25) is 0 Å². The summed E-state index contributed by atoms with van der Waals surface area (Å²) in [5.41, 5.74) is 1.25. The summed E-state index contributed by atoms with van der Waals surface area (Å²) in [4.78, 5) is 22.5. The van der Waals surface area contributed by atoms with Crippen molar-refractivity contribution in [2.75, 3.05) is 24.6 Å². The van der Waals surface area contributed by atoms with Crippen molar-refractivity contribution < 1.29 is 9.90 Å². The first-order valence-corrected chi connectivity index (χ1v) is 8.71. The third kappa shape index (κ3) is 4.76. The van der Waals surface area contributed by atoms with Gasteiger partial charge in [0.2, 0.25) is 5.91 Å². The van der Waals surface area contributed by atoms with Crippen molar-refractivity contribution in [1.29, 1.82) is 0 Å². The minimum Gasteiger partial charge on any atom is -0.396 e. The second-order valence-corrected chi connectivity index (χ2v) is 6.43. The highest BCUT2D eigenvalue weighted by molar-refractivity contribution is 5.76. The van der Waals surface area contributed by atoms with E-state index >= 15 is 0 Å². The smallest absolute Gasteiger partial charge is 0.220 e. The lowest BCUT2D eigenvalue weighted by molar-refractivity contribution is -0.122. The van der Waals surface area contributed by atoms with E-state index < -0.39 is 0 Å². The van der Waals surface area contributed by atoms with Crippen LogP contribution in [0.3, 0.4) is 0 Å². The summed E-state index contributed by atoms with van der Waals surface area (Å²) >= 11 is 0. The van der Waals surface area contributed by atoms with E-state index in [0.29, 0.717) is 19.5 Å². The van der Waals surface area contributed by atoms with Gasteiger partial charge < -0.3 is 15.3 Å². The highest BCUT2D eigenvalue weighted by Gasteiger charge is 2.33. The van der Waals surface area contributed by atoms with Gasteiger partial charge in [-0.25, -0.2) is 9.97 Å². The molecule has 0 saturated carbocycles. The summed E-state index contributed by atoms with van der Waals surface area (Å²) in [5, 5.41) is 12.7. The fourth-order valence-electron chi connectivity index (χ4n) is 3.25. The minimum absolute atomic E-state index is 0.0213. The topological polar surface area (TPSA) is 78.4 Å². The van der Waals surface area contributed by atoms with E-state index in [1.807, 2.05) is 24.3 Å². The fraction of sp³-hybridized carbons (Fsp3) is 0.421. The van der Waals surface area contributed by atoms with E-state index in [9.17, 15) is 9.90 Å². The van der Waals surface area contributed by atoms with Gasteiger partial charge in [0.15, 0.2) is 0 Å². The van der Waals surface area contributed by atoms with E-state index in [-0.39, 0.29) is 24.5 Å². The Morgan fingerprint density at radius 3 is 2.80 bits per heavy atom.